The van der Waals surface area contributed by atoms with Gasteiger partial charge in [-0.2, -0.15) is 5.26 Å². The smallest absolute Gasteiger partial charge is 0.262 e. The van der Waals surface area contributed by atoms with E-state index in [0.717, 1.165) is 5.56 Å². The van der Waals surface area contributed by atoms with Gasteiger partial charge in [-0.3, -0.25) is 4.79 Å². The molecule has 0 heterocycles. The summed E-state index contributed by atoms with van der Waals surface area (Å²) < 4.78 is 18.4. The van der Waals surface area contributed by atoms with E-state index in [0.29, 0.717) is 17.9 Å². The van der Waals surface area contributed by atoms with Crippen LogP contribution in [0.2, 0.25) is 0 Å². The summed E-state index contributed by atoms with van der Waals surface area (Å²) in [5.74, 6) is -0.614. The first-order valence-corrected chi connectivity index (χ1v) is 6.91. The Bertz CT molecular complexity index is 764. The lowest BCUT2D eigenvalue weighted by Gasteiger charge is -2.07. The largest absolute Gasteiger partial charge is 0.496 e. The predicted octanol–water partition coefficient (Wildman–Crippen LogP) is 3.06. The molecule has 0 saturated heterocycles. The summed E-state index contributed by atoms with van der Waals surface area (Å²) in [6, 6.07) is 15.1. The van der Waals surface area contributed by atoms with Gasteiger partial charge < -0.3 is 10.1 Å². The van der Waals surface area contributed by atoms with Crippen molar-refractivity contribution in [2.24, 2.45) is 0 Å². The van der Waals surface area contributed by atoms with Crippen LogP contribution in [0.1, 0.15) is 11.1 Å². The third-order valence-corrected chi connectivity index (χ3v) is 3.15. The minimum atomic E-state index is -0.525. The maximum atomic E-state index is 13.3. The predicted molar refractivity (Wildman–Crippen MR) is 84.8 cm³/mol. The Morgan fingerprint density at radius 2 is 2.04 bits per heavy atom. The molecule has 1 N–H and O–H groups in total. The number of benzene rings is 2. The number of amides is 1. The van der Waals surface area contributed by atoms with E-state index in [1.165, 1.54) is 31.4 Å². The summed E-state index contributed by atoms with van der Waals surface area (Å²) in [7, 11) is 1.44. The monoisotopic (exact) mass is 310 g/mol. The van der Waals surface area contributed by atoms with Crippen molar-refractivity contribution >= 4 is 12.0 Å². The van der Waals surface area contributed by atoms with Crippen molar-refractivity contribution in [3.8, 4) is 11.8 Å². The van der Waals surface area contributed by atoms with E-state index >= 15 is 0 Å². The Morgan fingerprint density at radius 3 is 2.70 bits per heavy atom. The fourth-order valence-corrected chi connectivity index (χ4v) is 2.00. The fourth-order valence-electron chi connectivity index (χ4n) is 2.00. The van der Waals surface area contributed by atoms with Crippen LogP contribution >= 0.6 is 0 Å². The molecule has 5 heteroatoms. The second-order valence-corrected chi connectivity index (χ2v) is 4.72. The number of nitriles is 1. The van der Waals surface area contributed by atoms with Gasteiger partial charge in [0.05, 0.1) is 7.11 Å². The van der Waals surface area contributed by atoms with Crippen LogP contribution in [0.25, 0.3) is 6.08 Å². The number of ether oxygens (including phenoxy) is 1. The van der Waals surface area contributed by atoms with Gasteiger partial charge in [0.1, 0.15) is 23.2 Å². The average molecular weight is 310 g/mol. The Kier molecular flexibility index (Phi) is 5.48. The highest BCUT2D eigenvalue weighted by atomic mass is 19.1. The summed E-state index contributed by atoms with van der Waals surface area (Å²) >= 11 is 0. The first-order chi connectivity index (χ1) is 11.1. The number of nitrogens with one attached hydrogen (secondary N) is 1. The van der Waals surface area contributed by atoms with E-state index in [1.54, 1.807) is 0 Å². The zero-order valence-corrected chi connectivity index (χ0v) is 12.5. The highest BCUT2D eigenvalue weighted by molar-refractivity contribution is 6.01. The van der Waals surface area contributed by atoms with Gasteiger partial charge in [-0.25, -0.2) is 4.39 Å². The minimum absolute atomic E-state index is 0.121. The maximum Gasteiger partial charge on any atom is 0.262 e. The molecular weight excluding hydrogens is 295 g/mol. The molecule has 0 atom stereocenters. The van der Waals surface area contributed by atoms with E-state index in [-0.39, 0.29) is 5.57 Å². The van der Waals surface area contributed by atoms with Crippen molar-refractivity contribution in [3.05, 3.63) is 71.0 Å². The number of carbonyl (C=O) groups excluding carboxylic acids is 1. The van der Waals surface area contributed by atoms with E-state index in [9.17, 15) is 14.4 Å². The number of halogens is 1. The molecule has 0 aliphatic carbocycles. The quantitative estimate of drug-likeness (QED) is 0.682. The molecule has 0 aliphatic heterocycles. The molecule has 2 aromatic carbocycles. The highest BCUT2D eigenvalue weighted by Gasteiger charge is 2.11. The topological polar surface area (TPSA) is 62.1 Å². The standard InChI is InChI=1S/C18H15FN2O2/c1-23-17-8-7-16(19)10-14(17)9-15(11-20)18(22)21-12-13-5-3-2-4-6-13/h2-10H,12H2,1H3,(H,21,22)/b15-9+. The molecule has 0 aliphatic rings. The van der Waals surface area contributed by atoms with E-state index in [4.69, 9.17) is 4.74 Å². The average Bonchev–Trinajstić information content (AvgIpc) is 2.58. The van der Waals surface area contributed by atoms with Crippen LogP contribution in [0.15, 0.2) is 54.1 Å². The highest BCUT2D eigenvalue weighted by Crippen LogP contribution is 2.22. The third-order valence-electron chi connectivity index (χ3n) is 3.15. The number of hydrogen-bond donors (Lipinski definition) is 1. The summed E-state index contributed by atoms with van der Waals surface area (Å²) in [6.07, 6.45) is 1.31. The SMILES string of the molecule is COc1ccc(F)cc1/C=C(\C#N)C(=O)NCc1ccccc1. The van der Waals surface area contributed by atoms with Gasteiger partial charge >= 0.3 is 0 Å². The summed E-state index contributed by atoms with van der Waals surface area (Å²) in [4.78, 5) is 12.1. The van der Waals surface area contributed by atoms with Crippen LogP contribution in [-0.2, 0) is 11.3 Å². The van der Waals surface area contributed by atoms with Crippen molar-refractivity contribution in [3.63, 3.8) is 0 Å². The first kappa shape index (κ1) is 16.2. The molecule has 0 unspecified atom stereocenters. The number of carbonyl (C=O) groups is 1. The summed E-state index contributed by atoms with van der Waals surface area (Å²) in [6.45, 7) is 0.305. The Hall–Kier alpha value is -3.13. The molecule has 2 rings (SSSR count). The van der Waals surface area contributed by atoms with Crippen LogP contribution in [0.5, 0.6) is 5.75 Å². The van der Waals surface area contributed by atoms with Crippen molar-refractivity contribution in [2.45, 2.75) is 6.54 Å². The van der Waals surface area contributed by atoms with Crippen LogP contribution in [0.3, 0.4) is 0 Å². The summed E-state index contributed by atoms with van der Waals surface area (Å²) in [5.41, 5.74) is 1.13. The molecule has 1 amide bonds. The van der Waals surface area contributed by atoms with Crippen LogP contribution in [-0.4, -0.2) is 13.0 Å². The second kappa shape index (κ2) is 7.76. The van der Waals surface area contributed by atoms with Gasteiger partial charge in [0.25, 0.3) is 5.91 Å². The van der Waals surface area contributed by atoms with E-state index < -0.39 is 11.7 Å². The Labute approximate surface area is 133 Å². The van der Waals surface area contributed by atoms with Crippen molar-refractivity contribution in [2.75, 3.05) is 7.11 Å². The van der Waals surface area contributed by atoms with E-state index in [2.05, 4.69) is 5.32 Å². The number of methoxy groups -OCH3 is 1. The second-order valence-electron chi connectivity index (χ2n) is 4.72. The molecule has 0 radical (unpaired) electrons. The lowest BCUT2D eigenvalue weighted by Crippen LogP contribution is -2.23. The molecule has 0 saturated carbocycles. The number of rotatable bonds is 5. The zero-order chi connectivity index (χ0) is 16.7. The lowest BCUT2D eigenvalue weighted by atomic mass is 10.1. The third kappa shape index (κ3) is 4.42. The maximum absolute atomic E-state index is 13.3. The molecule has 0 aromatic heterocycles. The molecule has 0 bridgehead atoms. The van der Waals surface area contributed by atoms with Gasteiger partial charge in [-0.05, 0) is 29.8 Å². The Balaban J connectivity index is 2.17. The van der Waals surface area contributed by atoms with Gasteiger partial charge in [-0.1, -0.05) is 30.3 Å². The molecular formula is C18H15FN2O2. The summed E-state index contributed by atoms with van der Waals surface area (Å²) in [5, 5.41) is 11.8. The zero-order valence-electron chi connectivity index (χ0n) is 12.5. The van der Waals surface area contributed by atoms with Crippen molar-refractivity contribution in [1.82, 2.24) is 5.32 Å². The van der Waals surface area contributed by atoms with Crippen LogP contribution < -0.4 is 10.1 Å². The van der Waals surface area contributed by atoms with Crippen molar-refractivity contribution < 1.29 is 13.9 Å². The number of hydrogen-bond acceptors (Lipinski definition) is 3. The molecule has 0 spiro atoms. The van der Waals surface area contributed by atoms with Crippen molar-refractivity contribution in [1.29, 1.82) is 5.26 Å². The molecule has 2 aromatic rings. The van der Waals surface area contributed by atoms with Crippen LogP contribution in [0, 0.1) is 17.1 Å². The fraction of sp³-hybridized carbons (Fsp3) is 0.111. The van der Waals surface area contributed by atoms with Gasteiger partial charge in [-0.15, -0.1) is 0 Å². The Morgan fingerprint density at radius 1 is 1.30 bits per heavy atom. The van der Waals surface area contributed by atoms with Gasteiger partial charge in [0.2, 0.25) is 0 Å². The van der Waals surface area contributed by atoms with E-state index in [1.807, 2.05) is 36.4 Å². The lowest BCUT2D eigenvalue weighted by molar-refractivity contribution is -0.117. The molecule has 116 valence electrons. The van der Waals surface area contributed by atoms with Crippen LogP contribution in [0.4, 0.5) is 4.39 Å². The minimum Gasteiger partial charge on any atom is -0.496 e. The molecule has 23 heavy (non-hydrogen) atoms. The molecule has 4 nitrogen and oxygen atoms in total. The van der Waals surface area contributed by atoms with Gasteiger partial charge in [0, 0.05) is 12.1 Å². The number of nitrogens with zero attached hydrogens (tertiary/aromatic N) is 1. The van der Waals surface area contributed by atoms with Gasteiger partial charge in [0.15, 0.2) is 0 Å². The molecule has 0 fully saturated rings. The first-order valence-electron chi connectivity index (χ1n) is 6.91. The normalized spacial score (nSPS) is 10.7.